The van der Waals surface area contributed by atoms with Crippen molar-refractivity contribution in [1.29, 1.82) is 0 Å². The van der Waals surface area contributed by atoms with E-state index in [1.807, 2.05) is 24.5 Å². The lowest BCUT2D eigenvalue weighted by molar-refractivity contribution is -0.114. The first-order valence-corrected chi connectivity index (χ1v) is 7.78. The topological polar surface area (TPSA) is 73.5 Å². The Labute approximate surface area is 139 Å². The normalized spacial score (nSPS) is 10.6. The number of nitrogens with one attached hydrogen (secondary N) is 1. The molecular formula is C16H19ClN2O4. The van der Waals surface area contributed by atoms with E-state index in [-0.39, 0.29) is 12.5 Å². The number of carbonyl (C=O) groups is 2. The zero-order chi connectivity index (χ0) is 17.0. The van der Waals surface area contributed by atoms with Crippen LogP contribution in [0.15, 0.2) is 22.8 Å². The molecule has 0 aliphatic rings. The highest BCUT2D eigenvalue weighted by Crippen LogP contribution is 2.29. The van der Waals surface area contributed by atoms with Crippen LogP contribution in [0.2, 0.25) is 0 Å². The molecule has 0 aromatic carbocycles. The van der Waals surface area contributed by atoms with Gasteiger partial charge in [-0.1, -0.05) is 0 Å². The Balaban J connectivity index is 2.52. The zero-order valence-electron chi connectivity index (χ0n) is 13.3. The number of anilines is 1. The van der Waals surface area contributed by atoms with Gasteiger partial charge in [0.25, 0.3) is 0 Å². The van der Waals surface area contributed by atoms with Crippen molar-refractivity contribution in [3.05, 3.63) is 41.0 Å². The second-order valence-corrected chi connectivity index (χ2v) is 5.27. The van der Waals surface area contributed by atoms with Crippen LogP contribution in [0.3, 0.4) is 0 Å². The van der Waals surface area contributed by atoms with Crippen molar-refractivity contribution in [3.8, 4) is 0 Å². The molecule has 0 bridgehead atoms. The summed E-state index contributed by atoms with van der Waals surface area (Å²) in [6.07, 6.45) is 1.57. The van der Waals surface area contributed by atoms with Gasteiger partial charge >= 0.3 is 5.97 Å². The van der Waals surface area contributed by atoms with Crippen LogP contribution < -0.4 is 5.32 Å². The maximum absolute atomic E-state index is 12.3. The molecule has 0 fully saturated rings. The molecule has 0 aliphatic heterocycles. The molecule has 2 aromatic rings. The van der Waals surface area contributed by atoms with Crippen LogP contribution in [0.1, 0.15) is 34.3 Å². The number of ether oxygens (including phenoxy) is 1. The molecule has 0 atom stereocenters. The largest absolute Gasteiger partial charge is 0.467 e. The predicted molar refractivity (Wildman–Crippen MR) is 87.0 cm³/mol. The molecule has 2 rings (SSSR count). The van der Waals surface area contributed by atoms with Gasteiger partial charge in [-0.05, 0) is 38.5 Å². The minimum atomic E-state index is -0.476. The third-order valence-corrected chi connectivity index (χ3v) is 3.82. The third-order valence-electron chi connectivity index (χ3n) is 3.58. The maximum atomic E-state index is 12.3. The summed E-state index contributed by atoms with van der Waals surface area (Å²) < 4.78 is 12.3. The molecule has 1 N–H and O–H groups in total. The molecule has 6 nitrogen and oxygen atoms in total. The highest BCUT2D eigenvalue weighted by molar-refractivity contribution is 6.29. The van der Waals surface area contributed by atoms with E-state index in [1.54, 1.807) is 19.3 Å². The number of hydrogen-bond donors (Lipinski definition) is 1. The van der Waals surface area contributed by atoms with Gasteiger partial charge in [0, 0.05) is 5.69 Å². The summed E-state index contributed by atoms with van der Waals surface area (Å²) in [6, 6.07) is 3.61. The second kappa shape index (κ2) is 7.37. The van der Waals surface area contributed by atoms with E-state index in [9.17, 15) is 9.59 Å². The number of halogens is 1. The van der Waals surface area contributed by atoms with Gasteiger partial charge in [0.2, 0.25) is 5.91 Å². The number of rotatable bonds is 6. The van der Waals surface area contributed by atoms with Crippen LogP contribution >= 0.6 is 11.6 Å². The third kappa shape index (κ3) is 3.59. The predicted octanol–water partition coefficient (Wildman–Crippen LogP) is 3.10. The van der Waals surface area contributed by atoms with E-state index in [0.717, 1.165) is 11.3 Å². The summed E-state index contributed by atoms with van der Waals surface area (Å²) in [5.41, 5.74) is 1.93. The molecule has 1 amide bonds. The molecule has 0 unspecified atom stereocenters. The number of alkyl halides is 1. The average molecular weight is 339 g/mol. The van der Waals surface area contributed by atoms with E-state index in [1.165, 1.54) is 0 Å². The lowest BCUT2D eigenvalue weighted by Gasteiger charge is -2.12. The van der Waals surface area contributed by atoms with Crippen molar-refractivity contribution in [2.45, 2.75) is 27.3 Å². The van der Waals surface area contributed by atoms with Gasteiger partial charge in [-0.15, -0.1) is 11.6 Å². The van der Waals surface area contributed by atoms with Crippen molar-refractivity contribution in [1.82, 2.24) is 4.57 Å². The van der Waals surface area contributed by atoms with Crippen molar-refractivity contribution < 1.29 is 18.7 Å². The Morgan fingerprint density at radius 2 is 2.13 bits per heavy atom. The number of carbonyl (C=O) groups excluding carboxylic acids is 2. The monoisotopic (exact) mass is 338 g/mol. The van der Waals surface area contributed by atoms with Gasteiger partial charge < -0.3 is 19.0 Å². The molecule has 0 radical (unpaired) electrons. The first-order chi connectivity index (χ1) is 11.0. The Hall–Kier alpha value is -2.21. The van der Waals surface area contributed by atoms with E-state index >= 15 is 0 Å². The highest BCUT2D eigenvalue weighted by atomic mass is 35.5. The summed E-state index contributed by atoms with van der Waals surface area (Å²) in [6.45, 7) is 6.06. The average Bonchev–Trinajstić information content (AvgIpc) is 3.11. The van der Waals surface area contributed by atoms with Crippen molar-refractivity contribution in [2.24, 2.45) is 0 Å². The lowest BCUT2D eigenvalue weighted by atomic mass is 10.1. The Morgan fingerprint density at radius 3 is 2.70 bits per heavy atom. The second-order valence-electron chi connectivity index (χ2n) is 5.00. The fourth-order valence-electron chi connectivity index (χ4n) is 2.37. The van der Waals surface area contributed by atoms with Crippen LogP contribution in [0, 0.1) is 13.8 Å². The van der Waals surface area contributed by atoms with Gasteiger partial charge in [-0.2, -0.15) is 0 Å². The minimum absolute atomic E-state index is 0.202. The minimum Gasteiger partial charge on any atom is -0.467 e. The summed E-state index contributed by atoms with van der Waals surface area (Å²) in [5.74, 6) is 0.0127. The molecule has 0 saturated carbocycles. The molecule has 2 aromatic heterocycles. The maximum Gasteiger partial charge on any atom is 0.342 e. The van der Waals surface area contributed by atoms with Gasteiger partial charge in [0.1, 0.15) is 23.0 Å². The molecule has 0 aliphatic carbocycles. The Bertz CT molecular complexity index is 704. The van der Waals surface area contributed by atoms with E-state index in [4.69, 9.17) is 20.8 Å². The number of hydrogen-bond acceptors (Lipinski definition) is 4. The number of esters is 1. The molecule has 7 heteroatoms. The molecule has 2 heterocycles. The molecule has 124 valence electrons. The zero-order valence-corrected chi connectivity index (χ0v) is 14.1. The molecule has 23 heavy (non-hydrogen) atoms. The molecule has 0 spiro atoms. The summed E-state index contributed by atoms with van der Waals surface area (Å²) >= 11 is 5.58. The number of nitrogens with zero attached hydrogens (tertiary/aromatic N) is 1. The van der Waals surface area contributed by atoms with Crippen molar-refractivity contribution >= 4 is 29.3 Å². The molecule has 0 saturated heterocycles. The van der Waals surface area contributed by atoms with E-state index in [2.05, 4.69) is 5.32 Å². The van der Waals surface area contributed by atoms with Gasteiger partial charge in [0.15, 0.2) is 0 Å². The SMILES string of the molecule is CCOC(=O)c1c(C)c(C)n(Cc2ccco2)c1NC(=O)CCl. The van der Waals surface area contributed by atoms with Crippen LogP contribution in [0.4, 0.5) is 5.82 Å². The smallest absolute Gasteiger partial charge is 0.342 e. The molecular weight excluding hydrogens is 320 g/mol. The standard InChI is InChI=1S/C16H19ClN2O4/c1-4-22-16(21)14-10(2)11(3)19(9-12-6-5-7-23-12)15(14)18-13(20)8-17/h5-7H,4,8-9H2,1-3H3,(H,18,20). The lowest BCUT2D eigenvalue weighted by Crippen LogP contribution is -2.19. The summed E-state index contributed by atoms with van der Waals surface area (Å²) in [4.78, 5) is 24.0. The first-order valence-electron chi connectivity index (χ1n) is 7.24. The number of amides is 1. The van der Waals surface area contributed by atoms with Crippen molar-refractivity contribution in [2.75, 3.05) is 17.8 Å². The van der Waals surface area contributed by atoms with Crippen LogP contribution in [0.5, 0.6) is 0 Å². The Kier molecular flexibility index (Phi) is 5.50. The van der Waals surface area contributed by atoms with Crippen LogP contribution in [-0.2, 0) is 16.1 Å². The van der Waals surface area contributed by atoms with Crippen molar-refractivity contribution in [3.63, 3.8) is 0 Å². The van der Waals surface area contributed by atoms with Gasteiger partial charge in [-0.3, -0.25) is 4.79 Å². The summed E-state index contributed by atoms with van der Waals surface area (Å²) in [7, 11) is 0. The van der Waals surface area contributed by atoms with Gasteiger partial charge in [0.05, 0.1) is 19.4 Å². The van der Waals surface area contributed by atoms with E-state index < -0.39 is 11.9 Å². The quantitative estimate of drug-likeness (QED) is 0.648. The first kappa shape index (κ1) is 17.1. The Morgan fingerprint density at radius 1 is 1.39 bits per heavy atom. The number of aromatic nitrogens is 1. The van der Waals surface area contributed by atoms with Crippen LogP contribution in [0.25, 0.3) is 0 Å². The highest BCUT2D eigenvalue weighted by Gasteiger charge is 2.25. The summed E-state index contributed by atoms with van der Waals surface area (Å²) in [5, 5.41) is 2.69. The van der Waals surface area contributed by atoms with E-state index in [0.29, 0.717) is 23.7 Å². The number of furan rings is 1. The van der Waals surface area contributed by atoms with Gasteiger partial charge in [-0.25, -0.2) is 4.79 Å². The van der Waals surface area contributed by atoms with Crippen LogP contribution in [-0.4, -0.2) is 28.9 Å². The fourth-order valence-corrected chi connectivity index (χ4v) is 2.43. The fraction of sp³-hybridized carbons (Fsp3) is 0.375.